The van der Waals surface area contributed by atoms with E-state index in [1.54, 1.807) is 4.90 Å². The van der Waals surface area contributed by atoms with Gasteiger partial charge in [0.2, 0.25) is 5.28 Å². The molecule has 1 fully saturated rings. The highest BCUT2D eigenvalue weighted by atomic mass is 35.5. The van der Waals surface area contributed by atoms with E-state index < -0.39 is 11.7 Å². The molecule has 1 aromatic rings. The number of fused-ring (bicyclic) bond motifs is 1. The third kappa shape index (κ3) is 2.28. The molecule has 1 aromatic heterocycles. The van der Waals surface area contributed by atoms with Gasteiger partial charge in [-0.05, 0) is 45.2 Å². The predicted octanol–water partition coefficient (Wildman–Crippen LogP) is 2.80. The Labute approximate surface area is 122 Å². The summed E-state index contributed by atoms with van der Waals surface area (Å²) < 4.78 is 11.1. The minimum absolute atomic E-state index is 0.0820. The molecule has 0 N–H and O–H groups in total. The lowest BCUT2D eigenvalue weighted by Crippen LogP contribution is -2.51. The number of amides is 1. The van der Waals surface area contributed by atoms with Crippen LogP contribution in [0.4, 0.5) is 10.6 Å². The van der Waals surface area contributed by atoms with Crippen LogP contribution in [-0.4, -0.2) is 33.8 Å². The second-order valence-corrected chi connectivity index (χ2v) is 6.49. The Morgan fingerprint density at radius 3 is 2.80 bits per heavy atom. The fourth-order valence-electron chi connectivity index (χ4n) is 2.20. The molecule has 0 aromatic carbocycles. The third-order valence-corrected chi connectivity index (χ3v) is 3.47. The predicted molar refractivity (Wildman–Crippen MR) is 73.2 cm³/mol. The number of hydrogen-bond donors (Lipinski definition) is 0. The summed E-state index contributed by atoms with van der Waals surface area (Å²) in [6.07, 6.45) is 2.80. The fraction of sp³-hybridized carbons (Fsp3) is 0.615. The van der Waals surface area contributed by atoms with E-state index in [0.717, 1.165) is 12.8 Å². The highest BCUT2D eigenvalue weighted by Gasteiger charge is 2.56. The number of aromatic nitrogens is 2. The lowest BCUT2D eigenvalue weighted by molar-refractivity contribution is 0.0532. The SMILES string of the molecule is CC(C)(C)OC(=O)N1c2nc(Cl)ncc2OCC12CC2. The molecule has 1 aliphatic heterocycles. The number of rotatable bonds is 0. The van der Waals surface area contributed by atoms with E-state index >= 15 is 0 Å². The van der Waals surface area contributed by atoms with Gasteiger partial charge in [0, 0.05) is 0 Å². The average Bonchev–Trinajstić information content (AvgIpc) is 3.06. The van der Waals surface area contributed by atoms with Crippen molar-refractivity contribution in [3.63, 3.8) is 0 Å². The van der Waals surface area contributed by atoms with Gasteiger partial charge in [-0.1, -0.05) is 0 Å². The molecule has 0 atom stereocenters. The smallest absolute Gasteiger partial charge is 0.416 e. The summed E-state index contributed by atoms with van der Waals surface area (Å²) in [4.78, 5) is 22.1. The van der Waals surface area contributed by atoms with Gasteiger partial charge in [0.15, 0.2) is 11.6 Å². The zero-order valence-electron chi connectivity index (χ0n) is 11.6. The van der Waals surface area contributed by atoms with Gasteiger partial charge in [0.1, 0.15) is 12.2 Å². The van der Waals surface area contributed by atoms with Crippen LogP contribution in [0.15, 0.2) is 6.20 Å². The first-order valence-electron chi connectivity index (χ1n) is 6.49. The van der Waals surface area contributed by atoms with Crippen LogP contribution in [0.25, 0.3) is 0 Å². The van der Waals surface area contributed by atoms with Crippen LogP contribution < -0.4 is 9.64 Å². The van der Waals surface area contributed by atoms with Crippen LogP contribution in [0, 0.1) is 0 Å². The van der Waals surface area contributed by atoms with Crippen molar-refractivity contribution in [2.45, 2.75) is 44.8 Å². The normalized spacial score (nSPS) is 19.3. The molecule has 108 valence electrons. The number of anilines is 1. The van der Waals surface area contributed by atoms with Crippen molar-refractivity contribution in [3.05, 3.63) is 11.5 Å². The lowest BCUT2D eigenvalue weighted by atomic mass is 10.2. The molecule has 1 saturated carbocycles. The molecule has 0 unspecified atom stereocenters. The van der Waals surface area contributed by atoms with Crippen molar-refractivity contribution in [1.29, 1.82) is 0 Å². The summed E-state index contributed by atoms with van der Waals surface area (Å²) >= 11 is 5.84. The van der Waals surface area contributed by atoms with Gasteiger partial charge >= 0.3 is 6.09 Å². The van der Waals surface area contributed by atoms with Gasteiger partial charge < -0.3 is 9.47 Å². The maximum Gasteiger partial charge on any atom is 0.416 e. The minimum atomic E-state index is -0.567. The molecule has 2 aliphatic rings. The summed E-state index contributed by atoms with van der Waals surface area (Å²) in [5.74, 6) is 0.848. The summed E-state index contributed by atoms with van der Waals surface area (Å²) in [5.41, 5.74) is -0.907. The van der Waals surface area contributed by atoms with E-state index in [0.29, 0.717) is 18.2 Å². The van der Waals surface area contributed by atoms with Gasteiger partial charge in [-0.25, -0.2) is 14.7 Å². The zero-order valence-corrected chi connectivity index (χ0v) is 12.4. The Balaban J connectivity index is 1.99. The number of nitrogens with zero attached hydrogens (tertiary/aromatic N) is 3. The van der Waals surface area contributed by atoms with Gasteiger partial charge in [-0.15, -0.1) is 0 Å². The van der Waals surface area contributed by atoms with Crippen molar-refractivity contribution < 1.29 is 14.3 Å². The molecule has 0 radical (unpaired) electrons. The second kappa shape index (κ2) is 4.22. The zero-order chi connectivity index (χ0) is 14.5. The van der Waals surface area contributed by atoms with Gasteiger partial charge in [0.25, 0.3) is 0 Å². The number of hydrogen-bond acceptors (Lipinski definition) is 5. The quantitative estimate of drug-likeness (QED) is 0.689. The van der Waals surface area contributed by atoms with Gasteiger partial charge in [-0.2, -0.15) is 4.98 Å². The second-order valence-electron chi connectivity index (χ2n) is 6.16. The number of ether oxygens (including phenoxy) is 2. The summed E-state index contributed by atoms with van der Waals surface area (Å²) in [5, 5.41) is 0.0820. The molecule has 7 heteroatoms. The molecule has 1 aliphatic carbocycles. The van der Waals surface area contributed by atoms with E-state index in [-0.39, 0.29) is 10.8 Å². The largest absolute Gasteiger partial charge is 0.486 e. The van der Waals surface area contributed by atoms with Crippen LogP contribution in [0.2, 0.25) is 5.28 Å². The molecule has 6 nitrogen and oxygen atoms in total. The van der Waals surface area contributed by atoms with E-state index in [4.69, 9.17) is 21.1 Å². The van der Waals surface area contributed by atoms with Crippen molar-refractivity contribution in [2.75, 3.05) is 11.5 Å². The van der Waals surface area contributed by atoms with Crippen LogP contribution in [0.3, 0.4) is 0 Å². The van der Waals surface area contributed by atoms with Crippen LogP contribution >= 0.6 is 11.6 Å². The highest BCUT2D eigenvalue weighted by molar-refractivity contribution is 6.28. The Hall–Kier alpha value is -1.56. The van der Waals surface area contributed by atoms with E-state index in [1.807, 2.05) is 20.8 Å². The Bertz CT molecular complexity index is 566. The number of halogens is 1. The topological polar surface area (TPSA) is 64.5 Å². The molecular weight excluding hydrogens is 282 g/mol. The molecule has 0 saturated heterocycles. The minimum Gasteiger partial charge on any atom is -0.486 e. The molecule has 3 rings (SSSR count). The van der Waals surface area contributed by atoms with E-state index in [2.05, 4.69) is 9.97 Å². The number of carbonyl (C=O) groups excluding carboxylic acids is 1. The highest BCUT2D eigenvalue weighted by Crippen LogP contribution is 2.50. The average molecular weight is 298 g/mol. The standard InChI is InChI=1S/C13H16ClN3O3/c1-12(2,3)20-11(18)17-9-8(6-15-10(14)16-9)19-7-13(17)4-5-13/h6H,4-5,7H2,1-3H3. The van der Waals surface area contributed by atoms with Crippen molar-refractivity contribution in [3.8, 4) is 5.75 Å². The lowest BCUT2D eigenvalue weighted by Gasteiger charge is -2.36. The number of carbonyl (C=O) groups is 1. The van der Waals surface area contributed by atoms with Gasteiger partial charge in [0.05, 0.1) is 11.7 Å². The maximum absolute atomic E-state index is 12.5. The van der Waals surface area contributed by atoms with E-state index in [1.165, 1.54) is 6.20 Å². The maximum atomic E-state index is 12.5. The molecule has 1 amide bonds. The first kappa shape index (κ1) is 13.4. The molecule has 1 spiro atoms. The monoisotopic (exact) mass is 297 g/mol. The molecule has 2 heterocycles. The summed E-state index contributed by atoms with van der Waals surface area (Å²) in [6, 6.07) is 0. The van der Waals surface area contributed by atoms with Crippen LogP contribution in [0.1, 0.15) is 33.6 Å². The summed E-state index contributed by atoms with van der Waals surface area (Å²) in [7, 11) is 0. The summed E-state index contributed by atoms with van der Waals surface area (Å²) in [6.45, 7) is 5.93. The van der Waals surface area contributed by atoms with Gasteiger partial charge in [-0.3, -0.25) is 0 Å². The Kier molecular flexibility index (Phi) is 2.83. The fourth-order valence-corrected chi connectivity index (χ4v) is 2.33. The van der Waals surface area contributed by atoms with E-state index in [9.17, 15) is 4.79 Å². The Morgan fingerprint density at radius 1 is 1.50 bits per heavy atom. The Morgan fingerprint density at radius 2 is 2.20 bits per heavy atom. The first-order chi connectivity index (χ1) is 9.31. The third-order valence-electron chi connectivity index (χ3n) is 3.29. The van der Waals surface area contributed by atoms with Crippen molar-refractivity contribution in [1.82, 2.24) is 9.97 Å². The van der Waals surface area contributed by atoms with Crippen LogP contribution in [-0.2, 0) is 4.74 Å². The molecule has 20 heavy (non-hydrogen) atoms. The van der Waals surface area contributed by atoms with Crippen molar-refractivity contribution in [2.24, 2.45) is 0 Å². The molecule has 0 bridgehead atoms. The first-order valence-corrected chi connectivity index (χ1v) is 6.87. The van der Waals surface area contributed by atoms with Crippen LogP contribution in [0.5, 0.6) is 5.75 Å². The molecular formula is C13H16ClN3O3. The van der Waals surface area contributed by atoms with Crippen molar-refractivity contribution >= 4 is 23.5 Å².